The molecular formula is C26H19FN6O3. The van der Waals surface area contributed by atoms with Gasteiger partial charge in [-0.05, 0) is 42.5 Å². The zero-order chi connectivity index (χ0) is 25.1. The van der Waals surface area contributed by atoms with Gasteiger partial charge < -0.3 is 9.88 Å². The number of nitro groups is 1. The fourth-order valence-corrected chi connectivity index (χ4v) is 3.81. The second-order valence-electron chi connectivity index (χ2n) is 7.95. The Morgan fingerprint density at radius 2 is 1.83 bits per heavy atom. The van der Waals surface area contributed by atoms with Gasteiger partial charge in [0.1, 0.15) is 5.82 Å². The number of non-ortho nitro benzene ring substituents is 1. The van der Waals surface area contributed by atoms with E-state index in [4.69, 9.17) is 0 Å². The van der Waals surface area contributed by atoms with E-state index in [1.165, 1.54) is 29.1 Å². The Morgan fingerprint density at radius 1 is 1.06 bits per heavy atom. The van der Waals surface area contributed by atoms with Crippen LogP contribution in [0.2, 0.25) is 0 Å². The van der Waals surface area contributed by atoms with Crippen LogP contribution in [0.15, 0.2) is 97.7 Å². The van der Waals surface area contributed by atoms with Gasteiger partial charge in [-0.15, -0.1) is 0 Å². The minimum Gasteiger partial charge on any atom is -0.326 e. The maximum absolute atomic E-state index is 14.6. The molecule has 0 saturated heterocycles. The Balaban J connectivity index is 1.41. The molecule has 3 aromatic carbocycles. The third-order valence-electron chi connectivity index (χ3n) is 5.53. The van der Waals surface area contributed by atoms with Crippen molar-refractivity contribution in [1.82, 2.24) is 19.3 Å². The lowest BCUT2D eigenvalue weighted by Crippen LogP contribution is -2.15. The zero-order valence-electron chi connectivity index (χ0n) is 18.8. The average Bonchev–Trinajstić information content (AvgIpc) is 3.55. The zero-order valence-corrected chi connectivity index (χ0v) is 18.8. The highest BCUT2D eigenvalue weighted by Gasteiger charge is 2.17. The summed E-state index contributed by atoms with van der Waals surface area (Å²) in [5.74, 6) is -0.866. The van der Waals surface area contributed by atoms with Crippen LogP contribution in [0, 0.1) is 15.9 Å². The van der Waals surface area contributed by atoms with Gasteiger partial charge in [0.15, 0.2) is 0 Å². The number of halogens is 1. The Hall–Kier alpha value is -5.12. The first kappa shape index (κ1) is 22.7. The minimum atomic E-state index is -0.505. The number of aromatic nitrogens is 4. The fraction of sp³-hybridized carbons (Fsp3) is 0.0385. The summed E-state index contributed by atoms with van der Waals surface area (Å²) >= 11 is 0. The van der Waals surface area contributed by atoms with E-state index in [1.807, 2.05) is 30.3 Å². The van der Waals surface area contributed by atoms with Crippen LogP contribution in [0.3, 0.4) is 0 Å². The van der Waals surface area contributed by atoms with Crippen molar-refractivity contribution in [2.24, 2.45) is 0 Å². The number of rotatable bonds is 7. The number of carbonyl (C=O) groups is 1. The molecule has 0 fully saturated rings. The third kappa shape index (κ3) is 4.73. The topological polar surface area (TPSA) is 108 Å². The molecular weight excluding hydrogens is 463 g/mol. The quantitative estimate of drug-likeness (QED) is 0.261. The highest BCUT2D eigenvalue weighted by Crippen LogP contribution is 2.27. The number of carbonyl (C=O) groups excluding carboxylic acids is 1. The van der Waals surface area contributed by atoms with Crippen LogP contribution in [0.1, 0.15) is 5.56 Å². The SMILES string of the molecule is O=C(Cc1cn(-c2ccccc2)nc1-c1ccc([N+](=O)[O-])cc1)Nc1ccc(-n2ccnc2)c(F)c1. The van der Waals surface area contributed by atoms with Crippen LogP contribution >= 0.6 is 0 Å². The van der Waals surface area contributed by atoms with Crippen molar-refractivity contribution in [1.29, 1.82) is 0 Å². The van der Waals surface area contributed by atoms with Gasteiger partial charge in [0.25, 0.3) is 5.69 Å². The van der Waals surface area contributed by atoms with E-state index in [9.17, 15) is 19.3 Å². The Morgan fingerprint density at radius 3 is 2.50 bits per heavy atom. The average molecular weight is 482 g/mol. The third-order valence-corrected chi connectivity index (χ3v) is 5.53. The van der Waals surface area contributed by atoms with E-state index in [0.29, 0.717) is 28.2 Å². The Kier molecular flexibility index (Phi) is 6.06. The molecule has 0 saturated carbocycles. The van der Waals surface area contributed by atoms with Crippen molar-refractivity contribution in [3.8, 4) is 22.6 Å². The summed E-state index contributed by atoms with van der Waals surface area (Å²) in [5, 5.41) is 18.4. The van der Waals surface area contributed by atoms with Crippen molar-refractivity contribution < 1.29 is 14.1 Å². The van der Waals surface area contributed by atoms with E-state index in [2.05, 4.69) is 15.4 Å². The van der Waals surface area contributed by atoms with E-state index in [0.717, 1.165) is 5.69 Å². The van der Waals surface area contributed by atoms with E-state index >= 15 is 0 Å². The van der Waals surface area contributed by atoms with Crippen LogP contribution in [0.25, 0.3) is 22.6 Å². The molecule has 0 aliphatic carbocycles. The summed E-state index contributed by atoms with van der Waals surface area (Å²) in [6.45, 7) is 0. The summed E-state index contributed by atoms with van der Waals surface area (Å²) in [6.07, 6.45) is 6.37. The number of para-hydroxylation sites is 1. The number of nitrogens with one attached hydrogen (secondary N) is 1. The second kappa shape index (κ2) is 9.63. The molecule has 0 unspecified atom stereocenters. The maximum atomic E-state index is 14.6. The van der Waals surface area contributed by atoms with Crippen LogP contribution in [-0.4, -0.2) is 30.2 Å². The first-order chi connectivity index (χ1) is 17.5. The number of imidazole rings is 1. The first-order valence-electron chi connectivity index (χ1n) is 10.9. The molecule has 5 aromatic rings. The molecule has 2 heterocycles. The normalized spacial score (nSPS) is 10.8. The van der Waals surface area contributed by atoms with Crippen molar-refractivity contribution in [3.05, 3.63) is 119 Å². The number of hydrogen-bond donors (Lipinski definition) is 1. The molecule has 0 radical (unpaired) electrons. The number of nitrogens with zero attached hydrogens (tertiary/aromatic N) is 5. The monoisotopic (exact) mass is 482 g/mol. The van der Waals surface area contributed by atoms with Gasteiger partial charge in [0, 0.05) is 47.5 Å². The molecule has 0 atom stereocenters. The fourth-order valence-electron chi connectivity index (χ4n) is 3.81. The number of amides is 1. The summed E-state index contributed by atoms with van der Waals surface area (Å²) in [7, 11) is 0. The molecule has 9 nitrogen and oxygen atoms in total. The minimum absolute atomic E-state index is 0.0377. The summed E-state index contributed by atoms with van der Waals surface area (Å²) in [5.41, 5.74) is 3.15. The number of nitro benzene ring substituents is 1. The highest BCUT2D eigenvalue weighted by atomic mass is 19.1. The molecule has 5 rings (SSSR count). The molecule has 0 bridgehead atoms. The smallest absolute Gasteiger partial charge is 0.269 e. The standard InChI is InChI=1S/C26H19FN6O3/c27-23-15-20(8-11-24(23)31-13-12-28-17-31)29-25(34)14-19-16-32(21-4-2-1-3-5-21)30-26(19)18-6-9-22(10-7-18)33(35)36/h1-13,15-17H,14H2,(H,29,34). The van der Waals surface area contributed by atoms with Gasteiger partial charge in [0.2, 0.25) is 5.91 Å². The lowest BCUT2D eigenvalue weighted by atomic mass is 10.1. The van der Waals surface area contributed by atoms with Crippen LogP contribution in [-0.2, 0) is 11.2 Å². The molecule has 0 aliphatic heterocycles. The van der Waals surface area contributed by atoms with E-state index in [1.54, 1.807) is 47.5 Å². The molecule has 1 amide bonds. The van der Waals surface area contributed by atoms with Crippen LogP contribution in [0.4, 0.5) is 15.8 Å². The van der Waals surface area contributed by atoms with E-state index < -0.39 is 10.7 Å². The molecule has 10 heteroatoms. The summed E-state index contributed by atoms with van der Waals surface area (Å²) in [6, 6.07) is 19.8. The lowest BCUT2D eigenvalue weighted by Gasteiger charge is -2.09. The molecule has 178 valence electrons. The van der Waals surface area contributed by atoms with Crippen LogP contribution < -0.4 is 5.32 Å². The van der Waals surface area contributed by atoms with Crippen molar-refractivity contribution in [2.75, 3.05) is 5.32 Å². The Labute approximate surface area is 204 Å². The molecule has 1 N–H and O–H groups in total. The number of hydrogen-bond acceptors (Lipinski definition) is 5. The van der Waals surface area contributed by atoms with E-state index in [-0.39, 0.29) is 18.0 Å². The van der Waals surface area contributed by atoms with Gasteiger partial charge in [-0.2, -0.15) is 5.10 Å². The molecule has 36 heavy (non-hydrogen) atoms. The molecule has 0 spiro atoms. The Bertz CT molecular complexity index is 1530. The van der Waals surface area contributed by atoms with Gasteiger partial charge in [-0.1, -0.05) is 18.2 Å². The lowest BCUT2D eigenvalue weighted by molar-refractivity contribution is -0.384. The summed E-state index contributed by atoms with van der Waals surface area (Å²) in [4.78, 5) is 27.4. The van der Waals surface area contributed by atoms with Crippen molar-refractivity contribution in [2.45, 2.75) is 6.42 Å². The maximum Gasteiger partial charge on any atom is 0.269 e. The number of benzene rings is 3. The largest absolute Gasteiger partial charge is 0.326 e. The second-order valence-corrected chi connectivity index (χ2v) is 7.95. The highest BCUT2D eigenvalue weighted by molar-refractivity contribution is 5.93. The predicted molar refractivity (Wildman–Crippen MR) is 132 cm³/mol. The van der Waals surface area contributed by atoms with Gasteiger partial charge >= 0.3 is 0 Å². The van der Waals surface area contributed by atoms with Crippen molar-refractivity contribution >= 4 is 17.3 Å². The van der Waals surface area contributed by atoms with Crippen LogP contribution in [0.5, 0.6) is 0 Å². The molecule has 2 aromatic heterocycles. The predicted octanol–water partition coefficient (Wildman–Crippen LogP) is 4.95. The van der Waals surface area contributed by atoms with Crippen molar-refractivity contribution in [3.63, 3.8) is 0 Å². The van der Waals surface area contributed by atoms with Gasteiger partial charge in [-0.25, -0.2) is 14.1 Å². The first-order valence-corrected chi connectivity index (χ1v) is 10.9. The molecule has 0 aliphatic rings. The van der Waals surface area contributed by atoms with Gasteiger partial charge in [-0.3, -0.25) is 14.9 Å². The number of anilines is 1. The summed E-state index contributed by atoms with van der Waals surface area (Å²) < 4.78 is 17.8. The van der Waals surface area contributed by atoms with Gasteiger partial charge in [0.05, 0.1) is 34.7 Å².